The van der Waals surface area contributed by atoms with Gasteiger partial charge in [0.05, 0.1) is 30.7 Å². The van der Waals surface area contributed by atoms with E-state index < -0.39 is 5.91 Å². The monoisotopic (exact) mass is 485 g/mol. The van der Waals surface area contributed by atoms with Crippen molar-refractivity contribution in [3.05, 3.63) is 47.5 Å². The van der Waals surface area contributed by atoms with Crippen LogP contribution in [-0.4, -0.2) is 74.0 Å². The first-order valence-corrected chi connectivity index (χ1v) is 11.7. The summed E-state index contributed by atoms with van der Waals surface area (Å²) in [5.74, 6) is 0.0997. The fraction of sp³-hybridized carbons (Fsp3) is 0.348. The molecule has 1 saturated heterocycles. The molecule has 1 aliphatic rings. The number of hydrogen-bond donors (Lipinski definition) is 3. The zero-order valence-corrected chi connectivity index (χ0v) is 19.9. The van der Waals surface area contributed by atoms with Gasteiger partial charge < -0.3 is 19.3 Å². The van der Waals surface area contributed by atoms with Crippen molar-refractivity contribution in [3.63, 3.8) is 0 Å². The van der Waals surface area contributed by atoms with E-state index in [1.54, 1.807) is 48.8 Å². The lowest BCUT2D eigenvalue weighted by Gasteiger charge is -2.29. The second kappa shape index (κ2) is 10.7. The highest BCUT2D eigenvalue weighted by molar-refractivity contribution is 7.23. The number of thiazole rings is 1. The van der Waals surface area contributed by atoms with Crippen molar-refractivity contribution >= 4 is 44.3 Å². The number of carbonyl (C=O) groups is 2. The number of likely N-dealkylation sites (N-methyl/N-ethyl adjacent to an activating group) is 1. The number of fused-ring (bicyclic) bond motifs is 1. The summed E-state index contributed by atoms with van der Waals surface area (Å²) in [5, 5.41) is 12.1. The number of methoxy groups -OCH3 is 1. The van der Waals surface area contributed by atoms with Gasteiger partial charge in [0.2, 0.25) is 0 Å². The summed E-state index contributed by atoms with van der Waals surface area (Å²) in [4.78, 5) is 32.7. The van der Waals surface area contributed by atoms with E-state index in [2.05, 4.69) is 15.2 Å². The van der Waals surface area contributed by atoms with Crippen molar-refractivity contribution in [2.75, 3.05) is 57.2 Å². The maximum absolute atomic E-state index is 12.8. The Kier molecular flexibility index (Phi) is 7.46. The first kappa shape index (κ1) is 23.7. The average molecular weight is 486 g/mol. The lowest BCUT2D eigenvalue weighted by atomic mass is 10.1. The molecule has 11 heteroatoms. The standard InChI is InChI=1S/C23H27N5O5S/c1-27(10-9-15-3-5-16(6-4-15)21(29)26-31)23(30)25-22-24-19-18(32-2)8-7-17(20(19)34-22)28-11-13-33-14-12-28/h3-8,31H,9-14H2,1-2H3,(H,26,29)(H,24,25,30). The molecule has 10 nitrogen and oxygen atoms in total. The number of rotatable bonds is 7. The van der Waals surface area contributed by atoms with Crippen molar-refractivity contribution < 1.29 is 24.3 Å². The highest BCUT2D eigenvalue weighted by Crippen LogP contribution is 2.39. The van der Waals surface area contributed by atoms with Crippen molar-refractivity contribution in [3.8, 4) is 5.75 Å². The van der Waals surface area contributed by atoms with Crippen molar-refractivity contribution in [2.45, 2.75) is 6.42 Å². The van der Waals surface area contributed by atoms with E-state index >= 15 is 0 Å². The molecule has 3 amide bonds. The molecule has 4 rings (SSSR count). The topological polar surface area (TPSA) is 116 Å². The molecule has 0 aliphatic carbocycles. The van der Waals surface area contributed by atoms with Crippen LogP contribution in [0.2, 0.25) is 0 Å². The second-order valence-electron chi connectivity index (χ2n) is 7.82. The van der Waals surface area contributed by atoms with Gasteiger partial charge in [0, 0.05) is 32.2 Å². The van der Waals surface area contributed by atoms with E-state index in [9.17, 15) is 9.59 Å². The molecule has 3 N–H and O–H groups in total. The molecule has 0 radical (unpaired) electrons. The average Bonchev–Trinajstić information content (AvgIpc) is 3.30. The third-order valence-corrected chi connectivity index (χ3v) is 6.66. The van der Waals surface area contributed by atoms with E-state index in [-0.39, 0.29) is 6.03 Å². The zero-order chi connectivity index (χ0) is 24.1. The van der Waals surface area contributed by atoms with Gasteiger partial charge in [-0.25, -0.2) is 15.3 Å². The minimum absolute atomic E-state index is 0.262. The Labute approximate surface area is 201 Å². The van der Waals surface area contributed by atoms with Crippen LogP contribution in [0.4, 0.5) is 15.6 Å². The number of nitrogens with one attached hydrogen (secondary N) is 2. The Morgan fingerprint density at radius 2 is 1.94 bits per heavy atom. The first-order valence-electron chi connectivity index (χ1n) is 10.9. The van der Waals surface area contributed by atoms with Crippen LogP contribution in [0.15, 0.2) is 36.4 Å². The summed E-state index contributed by atoms with van der Waals surface area (Å²) in [6.07, 6.45) is 0.611. The van der Waals surface area contributed by atoms with Gasteiger partial charge in [0.25, 0.3) is 5.91 Å². The summed E-state index contributed by atoms with van der Waals surface area (Å²) in [7, 11) is 3.33. The first-order chi connectivity index (χ1) is 16.5. The number of amides is 3. The van der Waals surface area contributed by atoms with Gasteiger partial charge in [0.15, 0.2) is 5.13 Å². The molecule has 0 spiro atoms. The zero-order valence-electron chi connectivity index (χ0n) is 19.0. The van der Waals surface area contributed by atoms with Crippen molar-refractivity contribution in [2.24, 2.45) is 0 Å². The minimum Gasteiger partial charge on any atom is -0.494 e. The van der Waals surface area contributed by atoms with Crippen LogP contribution in [0.3, 0.4) is 0 Å². The van der Waals surface area contributed by atoms with Crippen LogP contribution < -0.4 is 20.4 Å². The number of anilines is 2. The summed E-state index contributed by atoms with van der Waals surface area (Å²) in [6.45, 7) is 3.44. The maximum atomic E-state index is 12.8. The van der Waals surface area contributed by atoms with Crippen LogP contribution in [0.1, 0.15) is 15.9 Å². The van der Waals surface area contributed by atoms with E-state index in [1.165, 1.54) is 11.3 Å². The quantitative estimate of drug-likeness (QED) is 0.348. The van der Waals surface area contributed by atoms with Crippen LogP contribution in [0.25, 0.3) is 10.2 Å². The van der Waals surface area contributed by atoms with Gasteiger partial charge in [-0.1, -0.05) is 23.5 Å². The fourth-order valence-corrected chi connectivity index (χ4v) is 4.73. The number of hydroxylamine groups is 1. The van der Waals surface area contributed by atoms with E-state index in [0.717, 1.165) is 34.6 Å². The molecule has 34 heavy (non-hydrogen) atoms. The lowest BCUT2D eigenvalue weighted by Crippen LogP contribution is -2.36. The van der Waals surface area contributed by atoms with Crippen LogP contribution in [-0.2, 0) is 11.2 Å². The molecule has 1 aromatic heterocycles. The summed E-state index contributed by atoms with van der Waals surface area (Å²) in [5.41, 5.74) is 4.72. The van der Waals surface area contributed by atoms with Gasteiger partial charge in [-0.2, -0.15) is 0 Å². The number of ether oxygens (including phenoxy) is 2. The van der Waals surface area contributed by atoms with Crippen LogP contribution in [0.5, 0.6) is 5.75 Å². The summed E-state index contributed by atoms with van der Waals surface area (Å²) < 4.78 is 11.9. The largest absolute Gasteiger partial charge is 0.494 e. The number of carbonyl (C=O) groups excluding carboxylic acids is 2. The second-order valence-corrected chi connectivity index (χ2v) is 8.82. The minimum atomic E-state index is -0.563. The Bertz CT molecular complexity index is 1160. The van der Waals surface area contributed by atoms with Crippen LogP contribution >= 0.6 is 11.3 Å². The maximum Gasteiger partial charge on any atom is 0.323 e. The van der Waals surface area contributed by atoms with Gasteiger partial charge in [0.1, 0.15) is 11.3 Å². The highest BCUT2D eigenvalue weighted by atomic mass is 32.1. The fourth-order valence-electron chi connectivity index (χ4n) is 3.71. The predicted molar refractivity (Wildman–Crippen MR) is 130 cm³/mol. The van der Waals surface area contributed by atoms with Crippen molar-refractivity contribution in [1.82, 2.24) is 15.4 Å². The van der Waals surface area contributed by atoms with E-state index in [0.29, 0.717) is 42.6 Å². The Balaban J connectivity index is 1.43. The molecule has 2 aromatic carbocycles. The highest BCUT2D eigenvalue weighted by Gasteiger charge is 2.20. The molecular weight excluding hydrogens is 458 g/mol. The van der Waals surface area contributed by atoms with Gasteiger partial charge >= 0.3 is 6.03 Å². The Morgan fingerprint density at radius 1 is 1.21 bits per heavy atom. The number of nitrogens with zero attached hydrogens (tertiary/aromatic N) is 3. The molecular formula is C23H27N5O5S. The van der Waals surface area contributed by atoms with E-state index in [4.69, 9.17) is 14.7 Å². The van der Waals surface area contributed by atoms with Gasteiger partial charge in [-0.15, -0.1) is 0 Å². The number of urea groups is 1. The van der Waals surface area contributed by atoms with Gasteiger partial charge in [-0.3, -0.25) is 15.3 Å². The number of aromatic nitrogens is 1. The van der Waals surface area contributed by atoms with Crippen LogP contribution in [0, 0.1) is 0 Å². The summed E-state index contributed by atoms with van der Waals surface area (Å²) in [6, 6.07) is 10.5. The van der Waals surface area contributed by atoms with E-state index in [1.807, 2.05) is 12.1 Å². The summed E-state index contributed by atoms with van der Waals surface area (Å²) >= 11 is 1.42. The molecule has 1 aliphatic heterocycles. The third kappa shape index (κ3) is 5.22. The number of benzene rings is 2. The molecule has 3 aromatic rings. The predicted octanol–water partition coefficient (Wildman–Crippen LogP) is 2.97. The Morgan fingerprint density at radius 3 is 2.62 bits per heavy atom. The van der Waals surface area contributed by atoms with Gasteiger partial charge in [-0.05, 0) is 36.2 Å². The molecule has 2 heterocycles. The number of hydrogen-bond acceptors (Lipinski definition) is 8. The smallest absolute Gasteiger partial charge is 0.323 e. The lowest BCUT2D eigenvalue weighted by molar-refractivity contribution is 0.0706. The normalized spacial score (nSPS) is 13.6. The third-order valence-electron chi connectivity index (χ3n) is 5.67. The molecule has 0 unspecified atom stereocenters. The molecule has 180 valence electrons. The molecule has 0 bridgehead atoms. The Hall–Kier alpha value is -3.41. The number of morpholine rings is 1. The molecule has 1 fully saturated rings. The molecule has 0 atom stereocenters. The molecule has 0 saturated carbocycles. The van der Waals surface area contributed by atoms with Crippen molar-refractivity contribution in [1.29, 1.82) is 0 Å². The SMILES string of the molecule is COc1ccc(N2CCOCC2)c2sc(NC(=O)N(C)CCc3ccc(C(=O)NO)cc3)nc12.